The Labute approximate surface area is 180 Å². The number of hydrogen-bond donors (Lipinski definition) is 0. The first-order valence-corrected chi connectivity index (χ1v) is 10.7. The highest BCUT2D eigenvalue weighted by molar-refractivity contribution is 8.15. The molecule has 5 nitrogen and oxygen atoms in total. The Kier molecular flexibility index (Phi) is 7.28. The summed E-state index contributed by atoms with van der Waals surface area (Å²) in [6, 6.07) is 12.6. The summed E-state index contributed by atoms with van der Waals surface area (Å²) in [5.74, 6) is -3.86. The maximum Gasteiger partial charge on any atom is 0.288 e. The molecular weight excluding hydrogens is 430 g/mol. The minimum atomic E-state index is -2.48. The molecule has 0 aromatic heterocycles. The largest absolute Gasteiger partial charge is 0.545 e. The number of amides is 1. The minimum Gasteiger partial charge on any atom is -0.545 e. The average Bonchev–Trinajstić information content (AvgIpc) is 2.98. The standard InChI is InChI=1S/C21H18F2N2O3S2/c1-2-11-25-18(26)17(12-13-3-9-16(10-4-13)29-20(22)23)30-21(25)24-15-7-5-14(6-8-15)19(27)28/h2-10,17,20H,1,11-12H2,(H,27,28)/p-1/t17-/m0/s1. The van der Waals surface area contributed by atoms with Gasteiger partial charge in [-0.25, -0.2) is 4.99 Å². The summed E-state index contributed by atoms with van der Waals surface area (Å²) in [5, 5.41) is 11.0. The van der Waals surface area contributed by atoms with Gasteiger partial charge in [-0.1, -0.05) is 53.9 Å². The molecule has 1 aliphatic heterocycles. The first-order valence-electron chi connectivity index (χ1n) is 8.90. The molecule has 1 amide bonds. The summed E-state index contributed by atoms with van der Waals surface area (Å²) in [5.41, 5.74) is 1.42. The maximum atomic E-state index is 12.8. The molecule has 1 saturated heterocycles. The number of carboxylic acids is 1. The summed E-state index contributed by atoms with van der Waals surface area (Å²) in [4.78, 5) is 30.2. The normalized spacial score (nSPS) is 17.7. The van der Waals surface area contributed by atoms with Gasteiger partial charge in [-0.2, -0.15) is 8.78 Å². The van der Waals surface area contributed by atoms with E-state index in [2.05, 4.69) is 11.6 Å². The summed E-state index contributed by atoms with van der Waals surface area (Å²) in [6.07, 6.45) is 2.03. The van der Waals surface area contributed by atoms with E-state index in [0.717, 1.165) is 5.56 Å². The summed E-state index contributed by atoms with van der Waals surface area (Å²) < 4.78 is 24.9. The van der Waals surface area contributed by atoms with Crippen molar-refractivity contribution < 1.29 is 23.5 Å². The van der Waals surface area contributed by atoms with E-state index in [0.29, 0.717) is 40.5 Å². The zero-order valence-corrected chi connectivity index (χ0v) is 17.3. The quantitative estimate of drug-likeness (QED) is 0.456. The molecular formula is C21H17F2N2O3S2-. The summed E-state index contributed by atoms with van der Waals surface area (Å²) in [6.45, 7) is 3.97. The number of alkyl halides is 2. The van der Waals surface area contributed by atoms with Gasteiger partial charge in [0.25, 0.3) is 5.76 Å². The lowest BCUT2D eigenvalue weighted by Crippen LogP contribution is -2.32. The minimum absolute atomic E-state index is 0.0448. The van der Waals surface area contributed by atoms with Crippen LogP contribution in [0.25, 0.3) is 0 Å². The number of hydrogen-bond acceptors (Lipinski definition) is 6. The summed E-state index contributed by atoms with van der Waals surface area (Å²) >= 11 is 1.78. The van der Waals surface area contributed by atoms with Crippen LogP contribution in [-0.2, 0) is 11.2 Å². The van der Waals surface area contributed by atoms with E-state index >= 15 is 0 Å². The Morgan fingerprint density at radius 2 is 1.90 bits per heavy atom. The number of amidine groups is 1. The van der Waals surface area contributed by atoms with Crippen molar-refractivity contribution in [3.63, 3.8) is 0 Å². The van der Waals surface area contributed by atoms with Crippen molar-refractivity contribution in [1.82, 2.24) is 4.90 Å². The van der Waals surface area contributed by atoms with Crippen LogP contribution in [0, 0.1) is 0 Å². The van der Waals surface area contributed by atoms with E-state index in [1.807, 2.05) is 0 Å². The van der Waals surface area contributed by atoms with Crippen LogP contribution in [0.3, 0.4) is 0 Å². The van der Waals surface area contributed by atoms with Crippen LogP contribution in [-0.4, -0.2) is 39.5 Å². The monoisotopic (exact) mass is 447 g/mol. The van der Waals surface area contributed by atoms with Crippen LogP contribution >= 0.6 is 23.5 Å². The van der Waals surface area contributed by atoms with Crippen molar-refractivity contribution >= 4 is 46.3 Å². The predicted octanol–water partition coefficient (Wildman–Crippen LogP) is 3.73. The fourth-order valence-corrected chi connectivity index (χ4v) is 4.53. The number of nitrogens with zero attached hydrogens (tertiary/aromatic N) is 2. The van der Waals surface area contributed by atoms with E-state index in [1.165, 1.54) is 28.8 Å². The Morgan fingerprint density at radius 3 is 2.47 bits per heavy atom. The van der Waals surface area contributed by atoms with Gasteiger partial charge in [-0.05, 0) is 41.8 Å². The first-order chi connectivity index (χ1) is 14.4. The van der Waals surface area contributed by atoms with Crippen LogP contribution < -0.4 is 5.11 Å². The smallest absolute Gasteiger partial charge is 0.288 e. The van der Waals surface area contributed by atoms with Crippen molar-refractivity contribution in [1.29, 1.82) is 0 Å². The number of aliphatic imine (C=N–C) groups is 1. The van der Waals surface area contributed by atoms with Crippen LogP contribution in [0.2, 0.25) is 0 Å². The van der Waals surface area contributed by atoms with Gasteiger partial charge >= 0.3 is 0 Å². The van der Waals surface area contributed by atoms with Crippen molar-refractivity contribution in [2.75, 3.05) is 6.54 Å². The zero-order chi connectivity index (χ0) is 21.7. The first kappa shape index (κ1) is 22.0. The third kappa shape index (κ3) is 5.48. The Hall–Kier alpha value is -2.65. The molecule has 30 heavy (non-hydrogen) atoms. The topological polar surface area (TPSA) is 72.8 Å². The third-order valence-corrected chi connectivity index (χ3v) is 6.13. The fourth-order valence-electron chi connectivity index (χ4n) is 2.83. The molecule has 1 aliphatic rings. The van der Waals surface area contributed by atoms with Gasteiger partial charge < -0.3 is 9.90 Å². The highest BCUT2D eigenvalue weighted by Crippen LogP contribution is 2.32. The number of carboxylic acid groups (broad SMARTS) is 1. The van der Waals surface area contributed by atoms with E-state index < -0.39 is 17.0 Å². The lowest BCUT2D eigenvalue weighted by Gasteiger charge is -2.14. The molecule has 0 aliphatic carbocycles. The Morgan fingerprint density at radius 1 is 1.23 bits per heavy atom. The molecule has 0 N–H and O–H groups in total. The van der Waals surface area contributed by atoms with Crippen LogP contribution in [0.4, 0.5) is 14.5 Å². The van der Waals surface area contributed by atoms with Gasteiger partial charge in [0.2, 0.25) is 5.91 Å². The lowest BCUT2D eigenvalue weighted by molar-refractivity contribution is -0.255. The zero-order valence-electron chi connectivity index (χ0n) is 15.7. The van der Waals surface area contributed by atoms with E-state index in [-0.39, 0.29) is 11.5 Å². The molecule has 0 unspecified atom stereocenters. The number of rotatable bonds is 8. The predicted molar refractivity (Wildman–Crippen MR) is 113 cm³/mol. The third-order valence-electron chi connectivity index (χ3n) is 4.23. The molecule has 0 bridgehead atoms. The van der Waals surface area contributed by atoms with Gasteiger partial charge in [0, 0.05) is 11.4 Å². The molecule has 2 aromatic carbocycles. The van der Waals surface area contributed by atoms with Gasteiger partial charge in [0.1, 0.15) is 0 Å². The molecule has 2 aromatic rings. The molecule has 9 heteroatoms. The molecule has 0 saturated carbocycles. The van der Waals surface area contributed by atoms with Gasteiger partial charge in [-0.15, -0.1) is 6.58 Å². The maximum absolute atomic E-state index is 12.8. The number of halogens is 2. The second kappa shape index (κ2) is 9.90. The molecule has 0 spiro atoms. The second-order valence-electron chi connectivity index (χ2n) is 6.30. The average molecular weight is 448 g/mol. The van der Waals surface area contributed by atoms with Gasteiger partial charge in [-0.3, -0.25) is 9.69 Å². The van der Waals surface area contributed by atoms with E-state index in [9.17, 15) is 23.5 Å². The van der Waals surface area contributed by atoms with Crippen molar-refractivity contribution in [2.24, 2.45) is 4.99 Å². The Bertz CT molecular complexity index is 963. The molecule has 156 valence electrons. The van der Waals surface area contributed by atoms with Crippen molar-refractivity contribution in [3.05, 3.63) is 72.3 Å². The SMILES string of the molecule is C=CCN1C(=O)[C@H](Cc2ccc(SC(F)F)cc2)SC1=Nc1ccc(C(=O)[O-])cc1. The highest BCUT2D eigenvalue weighted by atomic mass is 32.2. The van der Waals surface area contributed by atoms with Crippen molar-refractivity contribution in [2.45, 2.75) is 22.3 Å². The molecule has 1 fully saturated rings. The van der Waals surface area contributed by atoms with Gasteiger partial charge in [0.15, 0.2) is 5.17 Å². The number of aromatic carboxylic acids is 1. The number of carbonyl (C=O) groups excluding carboxylic acids is 2. The summed E-state index contributed by atoms with van der Waals surface area (Å²) in [7, 11) is 0. The van der Waals surface area contributed by atoms with E-state index in [4.69, 9.17) is 0 Å². The van der Waals surface area contributed by atoms with Crippen LogP contribution in [0.1, 0.15) is 15.9 Å². The fraction of sp³-hybridized carbons (Fsp3) is 0.190. The molecule has 0 radical (unpaired) electrons. The lowest BCUT2D eigenvalue weighted by atomic mass is 10.1. The van der Waals surface area contributed by atoms with Crippen molar-refractivity contribution in [3.8, 4) is 0 Å². The number of carbonyl (C=O) groups is 2. The second-order valence-corrected chi connectivity index (χ2v) is 8.53. The number of benzene rings is 2. The molecule has 1 heterocycles. The van der Waals surface area contributed by atoms with E-state index in [1.54, 1.807) is 42.5 Å². The Balaban J connectivity index is 1.76. The van der Waals surface area contributed by atoms with Crippen LogP contribution in [0.5, 0.6) is 0 Å². The van der Waals surface area contributed by atoms with Gasteiger partial charge in [0.05, 0.1) is 16.9 Å². The highest BCUT2D eigenvalue weighted by Gasteiger charge is 2.37. The number of thioether (sulfide) groups is 2. The molecule has 3 rings (SSSR count). The van der Waals surface area contributed by atoms with Crippen LogP contribution in [0.15, 0.2) is 71.1 Å². The molecule has 1 atom stereocenters.